The van der Waals surface area contributed by atoms with Crippen LogP contribution in [-0.4, -0.2) is 44.9 Å². The Morgan fingerprint density at radius 2 is 2.00 bits per heavy atom. The van der Waals surface area contributed by atoms with Gasteiger partial charge in [-0.15, -0.1) is 0 Å². The zero-order chi connectivity index (χ0) is 18.0. The van der Waals surface area contributed by atoms with Gasteiger partial charge in [0.15, 0.2) is 0 Å². The maximum Gasteiger partial charge on any atom is 0.303 e. The number of aromatic nitrogens is 1. The lowest BCUT2D eigenvalue weighted by molar-refractivity contribution is -0.383. The number of fused-ring (bicyclic) bond motifs is 1. The number of non-ortho nitro benzene ring substituents is 1. The van der Waals surface area contributed by atoms with Gasteiger partial charge in [0, 0.05) is 31.8 Å². The van der Waals surface area contributed by atoms with Crippen molar-refractivity contribution in [2.75, 3.05) is 13.1 Å². The Balaban J connectivity index is 1.85. The highest BCUT2D eigenvalue weighted by molar-refractivity contribution is 6.07. The van der Waals surface area contributed by atoms with Crippen molar-refractivity contribution in [3.8, 4) is 0 Å². The molecule has 130 valence electrons. The number of pyridine rings is 1. The Morgan fingerprint density at radius 3 is 2.64 bits per heavy atom. The zero-order valence-electron chi connectivity index (χ0n) is 13.4. The van der Waals surface area contributed by atoms with Crippen LogP contribution in [0.3, 0.4) is 0 Å². The van der Waals surface area contributed by atoms with E-state index in [4.69, 9.17) is 5.11 Å². The highest BCUT2D eigenvalue weighted by atomic mass is 16.6. The van der Waals surface area contributed by atoms with Crippen molar-refractivity contribution in [1.29, 1.82) is 0 Å². The number of piperidine rings is 1. The minimum atomic E-state index is -0.824. The molecule has 0 aliphatic carbocycles. The first kappa shape index (κ1) is 16.8. The molecule has 0 bridgehead atoms. The van der Waals surface area contributed by atoms with Gasteiger partial charge in [-0.05, 0) is 37.0 Å². The van der Waals surface area contributed by atoms with Crippen molar-refractivity contribution >= 4 is 28.5 Å². The maximum absolute atomic E-state index is 12.8. The third-order valence-corrected chi connectivity index (χ3v) is 4.54. The number of carbonyl (C=O) groups excluding carboxylic acids is 1. The number of nitro groups is 1. The van der Waals surface area contributed by atoms with Crippen molar-refractivity contribution in [3.05, 3.63) is 46.1 Å². The van der Waals surface area contributed by atoms with E-state index in [1.807, 2.05) is 0 Å². The molecule has 1 amide bonds. The topological polar surface area (TPSA) is 114 Å². The molecule has 2 heterocycles. The van der Waals surface area contributed by atoms with Gasteiger partial charge in [0.1, 0.15) is 0 Å². The van der Waals surface area contributed by atoms with Crippen LogP contribution in [0.5, 0.6) is 0 Å². The first-order valence-electron chi connectivity index (χ1n) is 8.00. The van der Waals surface area contributed by atoms with Crippen molar-refractivity contribution in [3.63, 3.8) is 0 Å². The van der Waals surface area contributed by atoms with Gasteiger partial charge >= 0.3 is 5.97 Å². The molecule has 0 radical (unpaired) electrons. The molecule has 25 heavy (non-hydrogen) atoms. The van der Waals surface area contributed by atoms with Crippen LogP contribution >= 0.6 is 0 Å². The first-order valence-corrected chi connectivity index (χ1v) is 8.00. The average Bonchev–Trinajstić information content (AvgIpc) is 2.60. The lowest BCUT2D eigenvalue weighted by Crippen LogP contribution is -2.39. The molecular formula is C17H17N3O5. The van der Waals surface area contributed by atoms with E-state index >= 15 is 0 Å². The summed E-state index contributed by atoms with van der Waals surface area (Å²) in [5.74, 6) is -0.976. The van der Waals surface area contributed by atoms with Crippen LogP contribution in [0.1, 0.15) is 29.6 Å². The molecule has 0 spiro atoms. The number of hydrogen-bond donors (Lipinski definition) is 1. The molecule has 1 aromatic carbocycles. The second-order valence-corrected chi connectivity index (χ2v) is 6.12. The Morgan fingerprint density at radius 1 is 1.28 bits per heavy atom. The summed E-state index contributed by atoms with van der Waals surface area (Å²) in [5, 5.41) is 20.4. The monoisotopic (exact) mass is 343 g/mol. The summed E-state index contributed by atoms with van der Waals surface area (Å²) in [4.78, 5) is 40.1. The van der Waals surface area contributed by atoms with Gasteiger partial charge in [-0.2, -0.15) is 0 Å². The second-order valence-electron chi connectivity index (χ2n) is 6.12. The lowest BCUT2D eigenvalue weighted by Gasteiger charge is -2.31. The number of amides is 1. The largest absolute Gasteiger partial charge is 0.481 e. The summed E-state index contributed by atoms with van der Waals surface area (Å²) in [6.45, 7) is 0.949. The van der Waals surface area contributed by atoms with Crippen LogP contribution < -0.4 is 0 Å². The predicted molar refractivity (Wildman–Crippen MR) is 89.3 cm³/mol. The van der Waals surface area contributed by atoms with E-state index in [1.54, 1.807) is 17.0 Å². The minimum Gasteiger partial charge on any atom is -0.481 e. The number of carbonyl (C=O) groups is 2. The van der Waals surface area contributed by atoms with Crippen LogP contribution in [-0.2, 0) is 4.79 Å². The number of likely N-dealkylation sites (tertiary alicyclic amines) is 1. The molecule has 8 heteroatoms. The predicted octanol–water partition coefficient (Wildman–Crippen LogP) is 2.47. The van der Waals surface area contributed by atoms with Crippen LogP contribution in [0.2, 0.25) is 0 Å². The van der Waals surface area contributed by atoms with Crippen molar-refractivity contribution < 1.29 is 19.6 Å². The number of nitro benzene ring substituents is 1. The van der Waals surface area contributed by atoms with E-state index < -0.39 is 10.9 Å². The number of carboxylic acids is 1. The summed E-state index contributed by atoms with van der Waals surface area (Å²) in [6, 6.07) is 5.95. The van der Waals surface area contributed by atoms with Gasteiger partial charge in [0.25, 0.3) is 11.6 Å². The zero-order valence-corrected chi connectivity index (χ0v) is 13.4. The molecule has 1 aliphatic heterocycles. The standard InChI is InChI=1S/C17H17N3O5/c21-15(22)10-11-5-8-19(9-6-11)17(23)13-3-4-14(20(24)25)12-2-1-7-18-16(12)13/h1-4,7,11H,5-6,8-10H2,(H,21,22). The number of hydrogen-bond acceptors (Lipinski definition) is 5. The summed E-state index contributed by atoms with van der Waals surface area (Å²) < 4.78 is 0. The van der Waals surface area contributed by atoms with Crippen LogP contribution in [0, 0.1) is 16.0 Å². The van der Waals surface area contributed by atoms with E-state index in [0.29, 0.717) is 42.4 Å². The number of aliphatic carboxylic acids is 1. The van der Waals surface area contributed by atoms with Crippen LogP contribution in [0.4, 0.5) is 5.69 Å². The molecule has 2 aromatic rings. The summed E-state index contributed by atoms with van der Waals surface area (Å²) in [6.07, 6.45) is 2.89. The van der Waals surface area contributed by atoms with E-state index in [1.165, 1.54) is 18.3 Å². The van der Waals surface area contributed by atoms with E-state index in [-0.39, 0.29) is 23.9 Å². The summed E-state index contributed by atoms with van der Waals surface area (Å²) >= 11 is 0. The Kier molecular flexibility index (Phi) is 4.60. The molecule has 1 aliphatic rings. The third-order valence-electron chi connectivity index (χ3n) is 4.54. The molecule has 8 nitrogen and oxygen atoms in total. The quantitative estimate of drug-likeness (QED) is 0.674. The number of rotatable bonds is 4. The number of carboxylic acid groups (broad SMARTS) is 1. The second kappa shape index (κ2) is 6.84. The summed E-state index contributed by atoms with van der Waals surface area (Å²) in [5.41, 5.74) is 0.562. The van der Waals surface area contributed by atoms with Crippen molar-refractivity contribution in [1.82, 2.24) is 9.88 Å². The SMILES string of the molecule is O=C(O)CC1CCN(C(=O)c2ccc([N+](=O)[O-])c3cccnc23)CC1. The molecule has 3 rings (SSSR count). The van der Waals surface area contributed by atoms with Gasteiger partial charge < -0.3 is 10.0 Å². The highest BCUT2D eigenvalue weighted by Crippen LogP contribution is 2.29. The van der Waals surface area contributed by atoms with Gasteiger partial charge in [-0.25, -0.2) is 0 Å². The van der Waals surface area contributed by atoms with Gasteiger partial charge in [0.05, 0.1) is 21.4 Å². The molecule has 1 fully saturated rings. The Bertz CT molecular complexity index is 843. The molecule has 1 N–H and O–H groups in total. The fraction of sp³-hybridized carbons (Fsp3) is 0.353. The molecule has 1 saturated heterocycles. The van der Waals surface area contributed by atoms with E-state index in [9.17, 15) is 19.7 Å². The normalized spacial score (nSPS) is 15.3. The third kappa shape index (κ3) is 3.42. The smallest absolute Gasteiger partial charge is 0.303 e. The lowest BCUT2D eigenvalue weighted by atomic mass is 9.93. The van der Waals surface area contributed by atoms with Crippen molar-refractivity contribution in [2.45, 2.75) is 19.3 Å². The van der Waals surface area contributed by atoms with Crippen molar-refractivity contribution in [2.24, 2.45) is 5.92 Å². The van der Waals surface area contributed by atoms with E-state index in [2.05, 4.69) is 4.98 Å². The van der Waals surface area contributed by atoms with Crippen LogP contribution in [0.15, 0.2) is 30.5 Å². The van der Waals surface area contributed by atoms with Gasteiger partial charge in [0.2, 0.25) is 0 Å². The Hall–Kier alpha value is -3.03. The molecule has 0 saturated carbocycles. The maximum atomic E-state index is 12.8. The fourth-order valence-corrected chi connectivity index (χ4v) is 3.25. The summed E-state index contributed by atoms with van der Waals surface area (Å²) in [7, 11) is 0. The molecule has 1 aromatic heterocycles. The molecule has 0 unspecified atom stereocenters. The fourth-order valence-electron chi connectivity index (χ4n) is 3.25. The highest BCUT2D eigenvalue weighted by Gasteiger charge is 2.27. The molecule has 0 atom stereocenters. The van der Waals surface area contributed by atoms with E-state index in [0.717, 1.165) is 0 Å². The molecular weight excluding hydrogens is 326 g/mol. The number of nitrogens with zero attached hydrogens (tertiary/aromatic N) is 3. The number of benzene rings is 1. The average molecular weight is 343 g/mol. The minimum absolute atomic E-state index is 0.0771. The first-order chi connectivity index (χ1) is 12.0. The van der Waals surface area contributed by atoms with Crippen LogP contribution in [0.25, 0.3) is 10.9 Å². The van der Waals surface area contributed by atoms with Gasteiger partial charge in [-0.3, -0.25) is 24.7 Å². The Labute approximate surface area is 143 Å². The van der Waals surface area contributed by atoms with Gasteiger partial charge in [-0.1, -0.05) is 0 Å².